The first kappa shape index (κ1) is 29.0. The van der Waals surface area contributed by atoms with Crippen molar-refractivity contribution < 1.29 is 0 Å². The van der Waals surface area contributed by atoms with Crippen LogP contribution in [0.1, 0.15) is 0 Å². The molecule has 8 rings (SSSR count). The fourth-order valence-electron chi connectivity index (χ4n) is 6.31. The van der Waals surface area contributed by atoms with Gasteiger partial charge in [0, 0.05) is 36.3 Å². The van der Waals surface area contributed by atoms with Crippen LogP contribution in [-0.2, 0) is 14.1 Å². The number of hydrogen-bond acceptors (Lipinski definition) is 4. The third-order valence-electron chi connectivity index (χ3n) is 8.81. The van der Waals surface area contributed by atoms with Crippen LogP contribution in [0.15, 0.2) is 156 Å². The van der Waals surface area contributed by atoms with E-state index in [-0.39, 0.29) is 5.69 Å². The molecule has 0 N–H and O–H groups in total. The normalized spacial score (nSPS) is 11.2. The van der Waals surface area contributed by atoms with Crippen LogP contribution < -0.4 is 5.69 Å². The molecule has 2 heterocycles. The Kier molecular flexibility index (Phi) is 7.31. The number of hydrogen-bond donors (Lipinski definition) is 0. The van der Waals surface area contributed by atoms with Crippen molar-refractivity contribution in [2.24, 2.45) is 14.1 Å². The summed E-state index contributed by atoms with van der Waals surface area (Å²) in [4.78, 5) is 28.1. The molecule has 0 atom stereocenters. The highest BCUT2D eigenvalue weighted by molar-refractivity contribution is 5.95. The molecule has 0 aliphatic carbocycles. The van der Waals surface area contributed by atoms with E-state index in [1.165, 1.54) is 0 Å². The van der Waals surface area contributed by atoms with Crippen LogP contribution in [0.4, 0.5) is 0 Å². The molecule has 6 heteroatoms. The largest absolute Gasteiger partial charge is 0.328 e. The average Bonchev–Trinajstić information content (AvgIpc) is 3.39. The second-order valence-corrected chi connectivity index (χ2v) is 11.9. The number of benzene rings is 6. The Bertz CT molecular complexity index is 2470. The van der Waals surface area contributed by atoms with E-state index in [9.17, 15) is 4.79 Å². The van der Waals surface area contributed by atoms with Gasteiger partial charge in [-0.2, -0.15) is 0 Å². The minimum atomic E-state index is -0.0650. The Balaban J connectivity index is 1.34. The van der Waals surface area contributed by atoms with E-state index >= 15 is 0 Å². The van der Waals surface area contributed by atoms with Gasteiger partial charge in [0.2, 0.25) is 0 Å². The van der Waals surface area contributed by atoms with Crippen LogP contribution in [-0.4, -0.2) is 24.1 Å². The van der Waals surface area contributed by atoms with Crippen LogP contribution in [0.25, 0.3) is 78.6 Å². The standard InChI is InChI=1S/C42H31N5O/c1-46-37-20-12-19-36(38(37)47(2)42(46)48)34-25-33(29-15-8-4-9-16-29)26-35(27-34)41-44-39(31-17-10-5-11-18-31)43-40(45-41)32-23-21-30(22-24-32)28-13-6-3-7-14-28/h3-27H,1-2H3. The lowest BCUT2D eigenvalue weighted by atomic mass is 9.95. The van der Waals surface area contributed by atoms with Gasteiger partial charge < -0.3 is 0 Å². The smallest absolute Gasteiger partial charge is 0.295 e. The van der Waals surface area contributed by atoms with Crippen molar-refractivity contribution in [3.63, 3.8) is 0 Å². The van der Waals surface area contributed by atoms with Gasteiger partial charge in [-0.1, -0.05) is 127 Å². The maximum Gasteiger partial charge on any atom is 0.328 e. The van der Waals surface area contributed by atoms with Crippen LogP contribution in [0, 0.1) is 0 Å². The van der Waals surface area contributed by atoms with E-state index < -0.39 is 0 Å². The van der Waals surface area contributed by atoms with E-state index in [2.05, 4.69) is 72.8 Å². The SMILES string of the molecule is Cn1c(=O)n(C)c2c(-c3cc(-c4ccccc4)cc(-c4nc(-c5ccccc5)nc(-c5ccc(-c6ccccc6)cc5)n4)c3)cccc21. The van der Waals surface area contributed by atoms with Crippen molar-refractivity contribution in [3.8, 4) is 67.5 Å². The summed E-state index contributed by atoms with van der Waals surface area (Å²) in [6, 6.07) is 51.5. The first-order valence-electron chi connectivity index (χ1n) is 15.9. The lowest BCUT2D eigenvalue weighted by Crippen LogP contribution is -2.19. The van der Waals surface area contributed by atoms with Gasteiger partial charge in [0.1, 0.15) is 0 Å². The summed E-state index contributed by atoms with van der Waals surface area (Å²) in [5.41, 5.74) is 10.7. The second-order valence-electron chi connectivity index (χ2n) is 11.9. The van der Waals surface area contributed by atoms with Crippen LogP contribution in [0.2, 0.25) is 0 Å². The molecule has 0 amide bonds. The third kappa shape index (κ3) is 5.29. The summed E-state index contributed by atoms with van der Waals surface area (Å²) in [6.45, 7) is 0. The molecule has 0 spiro atoms. The highest BCUT2D eigenvalue weighted by atomic mass is 16.1. The summed E-state index contributed by atoms with van der Waals surface area (Å²) in [7, 11) is 3.63. The molecule has 0 aliphatic heterocycles. The van der Waals surface area contributed by atoms with Crippen molar-refractivity contribution in [3.05, 3.63) is 162 Å². The summed E-state index contributed by atoms with van der Waals surface area (Å²) in [6.07, 6.45) is 0. The molecule has 6 nitrogen and oxygen atoms in total. The molecule has 0 unspecified atom stereocenters. The molecule has 0 bridgehead atoms. The quantitative estimate of drug-likeness (QED) is 0.186. The molecule has 0 saturated heterocycles. The number of rotatable bonds is 6. The predicted molar refractivity (Wildman–Crippen MR) is 194 cm³/mol. The molecule has 2 aromatic heterocycles. The zero-order chi connectivity index (χ0) is 32.6. The number of nitrogens with zero attached hydrogens (tertiary/aromatic N) is 5. The summed E-state index contributed by atoms with van der Waals surface area (Å²) in [5.74, 6) is 1.76. The van der Waals surface area contributed by atoms with E-state index in [1.807, 2.05) is 93.0 Å². The highest BCUT2D eigenvalue weighted by Crippen LogP contribution is 2.36. The highest BCUT2D eigenvalue weighted by Gasteiger charge is 2.18. The third-order valence-corrected chi connectivity index (χ3v) is 8.81. The van der Waals surface area contributed by atoms with Crippen LogP contribution in [0.3, 0.4) is 0 Å². The molecule has 8 aromatic rings. The number of para-hydroxylation sites is 1. The van der Waals surface area contributed by atoms with Gasteiger partial charge >= 0.3 is 5.69 Å². The Hall–Kier alpha value is -6.40. The molecule has 6 aromatic carbocycles. The number of fused-ring (bicyclic) bond motifs is 1. The van der Waals surface area contributed by atoms with E-state index in [0.717, 1.165) is 61.1 Å². The molecule has 0 aliphatic rings. The number of imidazole rings is 1. The van der Waals surface area contributed by atoms with E-state index in [4.69, 9.17) is 15.0 Å². The minimum Gasteiger partial charge on any atom is -0.295 e. The Morgan fingerprint density at radius 1 is 0.396 bits per heavy atom. The number of aryl methyl sites for hydroxylation is 2. The maximum atomic E-state index is 13.0. The zero-order valence-electron chi connectivity index (χ0n) is 26.6. The Labute approximate surface area is 278 Å². The first-order chi connectivity index (χ1) is 23.5. The minimum absolute atomic E-state index is 0.0650. The van der Waals surface area contributed by atoms with Gasteiger partial charge in [-0.15, -0.1) is 0 Å². The fourth-order valence-corrected chi connectivity index (χ4v) is 6.31. The lowest BCUT2D eigenvalue weighted by Gasteiger charge is -2.13. The van der Waals surface area contributed by atoms with Crippen LogP contribution in [0.5, 0.6) is 0 Å². The van der Waals surface area contributed by atoms with Gasteiger partial charge in [0.25, 0.3) is 0 Å². The van der Waals surface area contributed by atoms with Crippen LogP contribution >= 0.6 is 0 Å². The Morgan fingerprint density at radius 3 is 1.44 bits per heavy atom. The summed E-state index contributed by atoms with van der Waals surface area (Å²) < 4.78 is 3.40. The van der Waals surface area contributed by atoms with Crippen molar-refractivity contribution >= 4 is 11.0 Å². The van der Waals surface area contributed by atoms with Gasteiger partial charge in [-0.05, 0) is 52.1 Å². The molecular weight excluding hydrogens is 590 g/mol. The topological polar surface area (TPSA) is 65.6 Å². The van der Waals surface area contributed by atoms with E-state index in [0.29, 0.717) is 17.5 Å². The Morgan fingerprint density at radius 2 is 0.833 bits per heavy atom. The van der Waals surface area contributed by atoms with Crippen molar-refractivity contribution in [1.82, 2.24) is 24.1 Å². The molecule has 48 heavy (non-hydrogen) atoms. The van der Waals surface area contributed by atoms with Crippen molar-refractivity contribution in [1.29, 1.82) is 0 Å². The summed E-state index contributed by atoms with van der Waals surface area (Å²) >= 11 is 0. The van der Waals surface area contributed by atoms with Gasteiger partial charge in [-0.25, -0.2) is 19.7 Å². The summed E-state index contributed by atoms with van der Waals surface area (Å²) in [5, 5.41) is 0. The monoisotopic (exact) mass is 621 g/mol. The average molecular weight is 622 g/mol. The second kappa shape index (κ2) is 12.1. The predicted octanol–water partition coefficient (Wildman–Crippen LogP) is 9.06. The van der Waals surface area contributed by atoms with Gasteiger partial charge in [-0.3, -0.25) is 9.13 Å². The fraction of sp³-hybridized carbons (Fsp3) is 0.0476. The molecule has 0 fully saturated rings. The zero-order valence-corrected chi connectivity index (χ0v) is 26.6. The maximum absolute atomic E-state index is 13.0. The van der Waals surface area contributed by atoms with Gasteiger partial charge in [0.05, 0.1) is 11.0 Å². The molecule has 230 valence electrons. The molecule has 0 radical (unpaired) electrons. The first-order valence-corrected chi connectivity index (χ1v) is 15.9. The number of aromatic nitrogens is 5. The lowest BCUT2D eigenvalue weighted by molar-refractivity contribution is 0.795. The van der Waals surface area contributed by atoms with Gasteiger partial charge in [0.15, 0.2) is 17.5 Å². The van der Waals surface area contributed by atoms with Crippen molar-refractivity contribution in [2.45, 2.75) is 0 Å². The molecule has 0 saturated carbocycles. The molecular formula is C42H31N5O. The van der Waals surface area contributed by atoms with E-state index in [1.54, 1.807) is 9.13 Å². The van der Waals surface area contributed by atoms with Crippen molar-refractivity contribution in [2.75, 3.05) is 0 Å².